The summed E-state index contributed by atoms with van der Waals surface area (Å²) in [7, 11) is 1.87. The molecular weight excluding hydrogens is 316 g/mol. The Balaban J connectivity index is 1.81. The third-order valence-corrected chi connectivity index (χ3v) is 5.17. The molecule has 0 aliphatic rings. The van der Waals surface area contributed by atoms with Crippen LogP contribution in [-0.2, 0) is 13.1 Å². The van der Waals surface area contributed by atoms with Gasteiger partial charge in [0.15, 0.2) is 0 Å². The van der Waals surface area contributed by atoms with Crippen molar-refractivity contribution in [3.8, 4) is 0 Å². The summed E-state index contributed by atoms with van der Waals surface area (Å²) in [6.45, 7) is 5.54. The highest BCUT2D eigenvalue weighted by atomic mass is 32.1. The van der Waals surface area contributed by atoms with Crippen LogP contribution in [0.5, 0.6) is 0 Å². The zero-order chi connectivity index (χ0) is 17.1. The molecule has 0 unspecified atom stereocenters. The van der Waals surface area contributed by atoms with Crippen molar-refractivity contribution in [1.82, 2.24) is 9.47 Å². The molecule has 3 aromatic rings. The highest BCUT2D eigenvalue weighted by molar-refractivity contribution is 7.09. The minimum Gasteiger partial charge on any atom is -0.344 e. The monoisotopic (exact) mass is 338 g/mol. The number of aromatic nitrogens is 1. The third kappa shape index (κ3) is 3.44. The second-order valence-electron chi connectivity index (χ2n) is 6.10. The van der Waals surface area contributed by atoms with Crippen molar-refractivity contribution in [1.29, 1.82) is 0 Å². The van der Waals surface area contributed by atoms with Crippen molar-refractivity contribution in [2.24, 2.45) is 0 Å². The SMILES string of the molecule is Cc1cc(C(=O)N(C)Cc2cccs2)c(C)n1Cc1ccccc1. The topological polar surface area (TPSA) is 25.2 Å². The van der Waals surface area contributed by atoms with E-state index in [0.717, 1.165) is 23.5 Å². The van der Waals surface area contributed by atoms with Crippen molar-refractivity contribution in [2.45, 2.75) is 26.9 Å². The molecule has 2 aromatic heterocycles. The fourth-order valence-corrected chi connectivity index (χ4v) is 3.70. The van der Waals surface area contributed by atoms with Crippen LogP contribution in [0.2, 0.25) is 0 Å². The smallest absolute Gasteiger partial charge is 0.255 e. The summed E-state index contributed by atoms with van der Waals surface area (Å²) in [4.78, 5) is 15.8. The number of nitrogens with zero attached hydrogens (tertiary/aromatic N) is 2. The van der Waals surface area contributed by atoms with E-state index in [1.807, 2.05) is 49.7 Å². The van der Waals surface area contributed by atoms with Crippen LogP contribution in [0.1, 0.15) is 32.2 Å². The summed E-state index contributed by atoms with van der Waals surface area (Å²) in [6, 6.07) is 16.4. The van der Waals surface area contributed by atoms with Gasteiger partial charge in [-0.15, -0.1) is 11.3 Å². The molecular formula is C20H22N2OS. The molecule has 1 amide bonds. The minimum atomic E-state index is 0.0795. The van der Waals surface area contributed by atoms with E-state index in [0.29, 0.717) is 6.54 Å². The Hall–Kier alpha value is -2.33. The summed E-state index contributed by atoms with van der Waals surface area (Å²) in [6.07, 6.45) is 0. The van der Waals surface area contributed by atoms with Gasteiger partial charge >= 0.3 is 0 Å². The Kier molecular flexibility index (Phi) is 4.86. The van der Waals surface area contributed by atoms with E-state index in [1.54, 1.807) is 16.2 Å². The van der Waals surface area contributed by atoms with Crippen molar-refractivity contribution in [3.05, 3.63) is 81.3 Å². The van der Waals surface area contributed by atoms with Gasteiger partial charge in [-0.1, -0.05) is 36.4 Å². The zero-order valence-corrected chi connectivity index (χ0v) is 15.1. The van der Waals surface area contributed by atoms with Crippen LogP contribution in [0.15, 0.2) is 53.9 Å². The zero-order valence-electron chi connectivity index (χ0n) is 14.3. The van der Waals surface area contributed by atoms with Gasteiger partial charge in [0.2, 0.25) is 0 Å². The standard InChI is InChI=1S/C20H22N2OS/c1-15-12-19(20(23)21(3)14-18-10-7-11-24-18)16(2)22(15)13-17-8-5-4-6-9-17/h4-12H,13-14H2,1-3H3. The van der Waals surface area contributed by atoms with Gasteiger partial charge in [-0.05, 0) is 36.9 Å². The number of benzene rings is 1. The van der Waals surface area contributed by atoms with E-state index in [-0.39, 0.29) is 5.91 Å². The Morgan fingerprint density at radius 1 is 1.12 bits per heavy atom. The van der Waals surface area contributed by atoms with E-state index in [1.165, 1.54) is 10.4 Å². The van der Waals surface area contributed by atoms with Gasteiger partial charge in [0.05, 0.1) is 12.1 Å². The molecule has 0 spiro atoms. The predicted octanol–water partition coefficient (Wildman–Crippen LogP) is 4.49. The maximum Gasteiger partial charge on any atom is 0.255 e. The first-order chi connectivity index (χ1) is 11.6. The van der Waals surface area contributed by atoms with E-state index >= 15 is 0 Å². The van der Waals surface area contributed by atoms with Gasteiger partial charge < -0.3 is 9.47 Å². The van der Waals surface area contributed by atoms with Crippen LogP contribution >= 0.6 is 11.3 Å². The number of carbonyl (C=O) groups excluding carboxylic acids is 1. The van der Waals surface area contributed by atoms with Crippen LogP contribution < -0.4 is 0 Å². The van der Waals surface area contributed by atoms with Crippen molar-refractivity contribution < 1.29 is 4.79 Å². The first kappa shape index (κ1) is 16.5. The minimum absolute atomic E-state index is 0.0795. The quantitative estimate of drug-likeness (QED) is 0.673. The number of rotatable bonds is 5. The molecule has 0 saturated carbocycles. The summed E-state index contributed by atoms with van der Waals surface area (Å²) in [5.74, 6) is 0.0795. The summed E-state index contributed by atoms with van der Waals surface area (Å²) in [5.41, 5.74) is 4.18. The molecule has 0 fully saturated rings. The van der Waals surface area contributed by atoms with E-state index in [2.05, 4.69) is 29.7 Å². The first-order valence-corrected chi connectivity index (χ1v) is 8.92. The lowest BCUT2D eigenvalue weighted by molar-refractivity contribution is 0.0785. The molecule has 0 saturated heterocycles. The lowest BCUT2D eigenvalue weighted by atomic mass is 10.2. The Labute approximate surface area is 147 Å². The van der Waals surface area contributed by atoms with Gasteiger partial charge in [-0.2, -0.15) is 0 Å². The largest absolute Gasteiger partial charge is 0.344 e. The maximum atomic E-state index is 12.8. The van der Waals surface area contributed by atoms with Crippen molar-refractivity contribution >= 4 is 17.2 Å². The molecule has 0 radical (unpaired) electrons. The molecule has 0 aliphatic heterocycles. The molecule has 3 rings (SSSR count). The molecule has 0 N–H and O–H groups in total. The Morgan fingerprint density at radius 2 is 1.88 bits per heavy atom. The number of carbonyl (C=O) groups is 1. The van der Waals surface area contributed by atoms with Crippen LogP contribution in [0.3, 0.4) is 0 Å². The van der Waals surface area contributed by atoms with Gasteiger partial charge in [-0.25, -0.2) is 0 Å². The van der Waals surface area contributed by atoms with Crippen LogP contribution in [0.25, 0.3) is 0 Å². The highest BCUT2D eigenvalue weighted by Gasteiger charge is 2.19. The molecule has 1 aromatic carbocycles. The number of thiophene rings is 1. The van der Waals surface area contributed by atoms with Crippen LogP contribution in [0, 0.1) is 13.8 Å². The van der Waals surface area contributed by atoms with E-state index in [9.17, 15) is 4.79 Å². The Morgan fingerprint density at radius 3 is 2.54 bits per heavy atom. The molecule has 124 valence electrons. The third-order valence-electron chi connectivity index (χ3n) is 4.31. The van der Waals surface area contributed by atoms with Crippen molar-refractivity contribution in [2.75, 3.05) is 7.05 Å². The molecule has 4 heteroatoms. The molecule has 3 nitrogen and oxygen atoms in total. The predicted molar refractivity (Wildman–Crippen MR) is 99.6 cm³/mol. The van der Waals surface area contributed by atoms with Gasteiger partial charge in [0.25, 0.3) is 5.91 Å². The Bertz CT molecular complexity index is 819. The molecule has 2 heterocycles. The number of amides is 1. The molecule has 24 heavy (non-hydrogen) atoms. The maximum absolute atomic E-state index is 12.8. The average Bonchev–Trinajstić information content (AvgIpc) is 3.18. The first-order valence-electron chi connectivity index (χ1n) is 8.04. The van der Waals surface area contributed by atoms with Crippen LogP contribution in [-0.4, -0.2) is 22.4 Å². The van der Waals surface area contributed by atoms with Gasteiger partial charge in [0, 0.05) is 29.9 Å². The summed E-state index contributed by atoms with van der Waals surface area (Å²) >= 11 is 1.68. The lowest BCUT2D eigenvalue weighted by Gasteiger charge is -2.16. The van der Waals surface area contributed by atoms with E-state index in [4.69, 9.17) is 0 Å². The summed E-state index contributed by atoms with van der Waals surface area (Å²) < 4.78 is 2.21. The number of aryl methyl sites for hydroxylation is 1. The molecule has 0 atom stereocenters. The van der Waals surface area contributed by atoms with Crippen molar-refractivity contribution in [3.63, 3.8) is 0 Å². The second-order valence-corrected chi connectivity index (χ2v) is 7.13. The van der Waals surface area contributed by atoms with Gasteiger partial charge in [-0.3, -0.25) is 4.79 Å². The van der Waals surface area contributed by atoms with Crippen LogP contribution in [0.4, 0.5) is 0 Å². The fourth-order valence-electron chi connectivity index (χ4n) is 2.94. The highest BCUT2D eigenvalue weighted by Crippen LogP contribution is 2.20. The molecule has 0 aliphatic carbocycles. The number of hydrogen-bond donors (Lipinski definition) is 0. The van der Waals surface area contributed by atoms with Gasteiger partial charge in [0.1, 0.15) is 0 Å². The molecule has 0 bridgehead atoms. The lowest BCUT2D eigenvalue weighted by Crippen LogP contribution is -2.26. The summed E-state index contributed by atoms with van der Waals surface area (Å²) in [5, 5.41) is 2.04. The van der Waals surface area contributed by atoms with E-state index < -0.39 is 0 Å². The number of hydrogen-bond acceptors (Lipinski definition) is 2. The second kappa shape index (κ2) is 7.05. The average molecular weight is 338 g/mol. The normalized spacial score (nSPS) is 10.8. The fraction of sp³-hybridized carbons (Fsp3) is 0.250.